The second-order valence-corrected chi connectivity index (χ2v) is 7.89. The fourth-order valence-electron chi connectivity index (χ4n) is 3.63. The SMILES string of the molecule is O=C(O)c1ccc2cc(OC=CCCCCOc3ccc4cc(C(=O)O)ccc4c3)ccc2c1. The third-order valence-corrected chi connectivity index (χ3v) is 5.45. The summed E-state index contributed by atoms with van der Waals surface area (Å²) in [6.45, 7) is 0.594. The number of hydrogen-bond acceptors (Lipinski definition) is 4. The number of benzene rings is 4. The highest BCUT2D eigenvalue weighted by atomic mass is 16.5. The van der Waals surface area contributed by atoms with Crippen LogP contribution in [0.25, 0.3) is 21.5 Å². The van der Waals surface area contributed by atoms with Gasteiger partial charge in [0.05, 0.1) is 24.0 Å². The summed E-state index contributed by atoms with van der Waals surface area (Å²) in [5.41, 5.74) is 0.535. The lowest BCUT2D eigenvalue weighted by atomic mass is 10.1. The van der Waals surface area contributed by atoms with E-state index in [1.165, 1.54) is 0 Å². The molecule has 0 atom stereocenters. The second-order valence-electron chi connectivity index (χ2n) is 7.89. The van der Waals surface area contributed by atoms with Crippen molar-refractivity contribution in [3.63, 3.8) is 0 Å². The molecule has 0 spiro atoms. The van der Waals surface area contributed by atoms with Crippen LogP contribution in [0.15, 0.2) is 85.1 Å². The molecule has 2 N–H and O–H groups in total. The molecule has 0 aromatic heterocycles. The number of unbranched alkanes of at least 4 members (excludes halogenated alkanes) is 2. The second kappa shape index (κ2) is 10.5. The lowest BCUT2D eigenvalue weighted by Gasteiger charge is -2.07. The van der Waals surface area contributed by atoms with E-state index in [0.717, 1.165) is 46.6 Å². The van der Waals surface area contributed by atoms with Crippen LogP contribution in [-0.2, 0) is 0 Å². The van der Waals surface area contributed by atoms with E-state index in [0.29, 0.717) is 12.4 Å². The van der Waals surface area contributed by atoms with Gasteiger partial charge in [-0.25, -0.2) is 9.59 Å². The van der Waals surface area contributed by atoms with Crippen LogP contribution < -0.4 is 9.47 Å². The largest absolute Gasteiger partial charge is 0.494 e. The average Bonchev–Trinajstić information content (AvgIpc) is 2.84. The molecule has 172 valence electrons. The van der Waals surface area contributed by atoms with Crippen LogP contribution in [0.2, 0.25) is 0 Å². The van der Waals surface area contributed by atoms with Crippen LogP contribution in [0.1, 0.15) is 40.0 Å². The standard InChI is InChI=1S/C28H24O6/c29-27(30)23-7-5-21-17-25(11-9-19(21)15-23)33-13-3-1-2-4-14-34-26-12-10-20-16-24(28(31)32)8-6-22(20)18-26/h3,5-13,15-18H,1-2,4,14H2,(H,29,30)(H,31,32). The molecule has 0 aliphatic heterocycles. The Morgan fingerprint density at radius 3 is 1.82 bits per heavy atom. The quantitative estimate of drug-likeness (QED) is 0.208. The van der Waals surface area contributed by atoms with E-state index in [9.17, 15) is 9.59 Å². The van der Waals surface area contributed by atoms with E-state index < -0.39 is 11.9 Å². The van der Waals surface area contributed by atoms with Gasteiger partial charge in [0.25, 0.3) is 0 Å². The molecule has 0 heterocycles. The van der Waals surface area contributed by atoms with Crippen LogP contribution in [0.5, 0.6) is 11.5 Å². The van der Waals surface area contributed by atoms with E-state index in [4.69, 9.17) is 19.7 Å². The van der Waals surface area contributed by atoms with Gasteiger partial charge in [0, 0.05) is 0 Å². The Hall–Kier alpha value is -4.32. The summed E-state index contributed by atoms with van der Waals surface area (Å²) in [5, 5.41) is 21.8. The first-order valence-electron chi connectivity index (χ1n) is 11.0. The molecule has 0 amide bonds. The molecule has 4 aromatic carbocycles. The van der Waals surface area contributed by atoms with Crippen LogP contribution >= 0.6 is 0 Å². The fourth-order valence-corrected chi connectivity index (χ4v) is 3.63. The number of carboxylic acids is 2. The molecule has 4 rings (SSSR count). The maximum atomic E-state index is 11.1. The Kier molecular flexibility index (Phi) is 7.08. The van der Waals surface area contributed by atoms with Crippen molar-refractivity contribution in [3.05, 3.63) is 96.3 Å². The minimum atomic E-state index is -0.941. The van der Waals surface area contributed by atoms with Gasteiger partial charge >= 0.3 is 11.9 Å². The summed E-state index contributed by atoms with van der Waals surface area (Å²) in [4.78, 5) is 22.1. The molecule has 0 unspecified atom stereocenters. The van der Waals surface area contributed by atoms with Gasteiger partial charge in [-0.05, 0) is 95.4 Å². The molecule has 0 bridgehead atoms. The molecule has 34 heavy (non-hydrogen) atoms. The number of aromatic carboxylic acids is 2. The highest BCUT2D eigenvalue weighted by Gasteiger charge is 2.05. The van der Waals surface area contributed by atoms with Crippen molar-refractivity contribution < 1.29 is 29.3 Å². The average molecular weight is 456 g/mol. The molecule has 4 aromatic rings. The highest BCUT2D eigenvalue weighted by molar-refractivity contribution is 5.95. The van der Waals surface area contributed by atoms with Crippen molar-refractivity contribution in [2.75, 3.05) is 6.61 Å². The van der Waals surface area contributed by atoms with Gasteiger partial charge in [-0.2, -0.15) is 0 Å². The lowest BCUT2D eigenvalue weighted by Crippen LogP contribution is -1.98. The summed E-state index contributed by atoms with van der Waals surface area (Å²) in [7, 11) is 0. The predicted octanol–water partition coefficient (Wildman–Crippen LogP) is 6.53. The lowest BCUT2D eigenvalue weighted by molar-refractivity contribution is 0.0686. The normalized spacial score (nSPS) is 11.2. The zero-order valence-electron chi connectivity index (χ0n) is 18.4. The van der Waals surface area contributed by atoms with Gasteiger partial charge in [-0.1, -0.05) is 24.3 Å². The zero-order valence-corrected chi connectivity index (χ0v) is 18.4. The Morgan fingerprint density at radius 2 is 1.21 bits per heavy atom. The van der Waals surface area contributed by atoms with E-state index in [-0.39, 0.29) is 11.1 Å². The summed E-state index contributed by atoms with van der Waals surface area (Å²) in [6.07, 6.45) is 6.33. The smallest absolute Gasteiger partial charge is 0.335 e. The summed E-state index contributed by atoms with van der Waals surface area (Å²) in [6, 6.07) is 21.2. The van der Waals surface area contributed by atoms with E-state index in [2.05, 4.69) is 0 Å². The van der Waals surface area contributed by atoms with Crippen LogP contribution in [0, 0.1) is 0 Å². The first-order valence-corrected chi connectivity index (χ1v) is 11.0. The first kappa shape index (κ1) is 22.9. The van der Waals surface area contributed by atoms with Crippen molar-refractivity contribution >= 4 is 33.5 Å². The molecule has 0 radical (unpaired) electrons. The predicted molar refractivity (Wildman–Crippen MR) is 131 cm³/mol. The Labute approximate surface area is 196 Å². The maximum Gasteiger partial charge on any atom is 0.335 e. The number of hydrogen-bond donors (Lipinski definition) is 2. The van der Waals surface area contributed by atoms with Gasteiger partial charge in [0.15, 0.2) is 0 Å². The van der Waals surface area contributed by atoms with Gasteiger partial charge in [0.1, 0.15) is 11.5 Å². The number of allylic oxidation sites excluding steroid dienone is 1. The van der Waals surface area contributed by atoms with Gasteiger partial charge in [-0.3, -0.25) is 0 Å². The highest BCUT2D eigenvalue weighted by Crippen LogP contribution is 2.24. The minimum Gasteiger partial charge on any atom is -0.494 e. The molecule has 6 nitrogen and oxygen atoms in total. The fraction of sp³-hybridized carbons (Fsp3) is 0.143. The number of carbonyl (C=O) groups is 2. The topological polar surface area (TPSA) is 93.1 Å². The van der Waals surface area contributed by atoms with Crippen molar-refractivity contribution in [2.45, 2.75) is 19.3 Å². The number of rotatable bonds is 10. The van der Waals surface area contributed by atoms with Gasteiger partial charge in [-0.15, -0.1) is 0 Å². The van der Waals surface area contributed by atoms with Gasteiger partial charge in [0.2, 0.25) is 0 Å². The molecule has 0 aliphatic rings. The van der Waals surface area contributed by atoms with E-state index >= 15 is 0 Å². The third kappa shape index (κ3) is 5.72. The van der Waals surface area contributed by atoms with Crippen LogP contribution in [0.3, 0.4) is 0 Å². The Balaban J connectivity index is 1.19. The molecular formula is C28H24O6. The Morgan fingerprint density at radius 1 is 0.676 bits per heavy atom. The van der Waals surface area contributed by atoms with Crippen molar-refractivity contribution in [3.8, 4) is 11.5 Å². The first-order chi connectivity index (χ1) is 16.5. The zero-order chi connectivity index (χ0) is 23.9. The molecular weight excluding hydrogens is 432 g/mol. The summed E-state index contributed by atoms with van der Waals surface area (Å²) in [5.74, 6) is -0.415. The van der Waals surface area contributed by atoms with E-state index in [1.807, 2.05) is 42.5 Å². The van der Waals surface area contributed by atoms with Crippen molar-refractivity contribution in [1.82, 2.24) is 0 Å². The van der Waals surface area contributed by atoms with Crippen LogP contribution in [0.4, 0.5) is 0 Å². The number of fused-ring (bicyclic) bond motifs is 2. The van der Waals surface area contributed by atoms with E-state index in [1.54, 1.807) is 42.7 Å². The van der Waals surface area contributed by atoms with Gasteiger partial charge < -0.3 is 19.7 Å². The van der Waals surface area contributed by atoms with Crippen molar-refractivity contribution in [1.29, 1.82) is 0 Å². The molecule has 0 aliphatic carbocycles. The summed E-state index contributed by atoms with van der Waals surface area (Å²) < 4.78 is 11.5. The molecule has 0 saturated carbocycles. The number of ether oxygens (including phenoxy) is 2. The van der Waals surface area contributed by atoms with Crippen LogP contribution in [-0.4, -0.2) is 28.8 Å². The minimum absolute atomic E-state index is 0.264. The molecule has 6 heteroatoms. The Bertz CT molecular complexity index is 1370. The third-order valence-electron chi connectivity index (χ3n) is 5.45. The molecule has 0 saturated heterocycles. The monoisotopic (exact) mass is 456 g/mol. The maximum absolute atomic E-state index is 11.1. The summed E-state index contributed by atoms with van der Waals surface area (Å²) >= 11 is 0. The van der Waals surface area contributed by atoms with Crippen molar-refractivity contribution in [2.24, 2.45) is 0 Å². The number of carboxylic acid groups (broad SMARTS) is 2. The molecule has 0 fully saturated rings.